The van der Waals surface area contributed by atoms with Gasteiger partial charge in [0.1, 0.15) is 11.5 Å². The summed E-state index contributed by atoms with van der Waals surface area (Å²) in [5, 5.41) is 4.88. The molecule has 194 valence electrons. The first-order chi connectivity index (χ1) is 17.5. The number of alkyl halides is 3. The van der Waals surface area contributed by atoms with Gasteiger partial charge in [0.15, 0.2) is 6.61 Å². The Balaban J connectivity index is 1.40. The molecule has 0 fully saturated rings. The molecular formula is C27H25F3N2O5. The number of carbonyl (C=O) groups is 3. The minimum absolute atomic E-state index is 0.0827. The zero-order valence-corrected chi connectivity index (χ0v) is 20.1. The molecule has 3 rings (SSSR count). The molecule has 0 atom stereocenters. The standard InChI is InChI=1S/C27H25F3N2O5/c1-17-5-3-6-18(2)26(17)37-22-11-9-20(10-12-22)31-23(33)13-14-25(35)36-16-24(34)32-21-8-4-7-19(15-21)27(28,29)30/h3-12,15H,13-14,16H2,1-2H3,(H,31,33)(H,32,34). The van der Waals surface area contributed by atoms with E-state index < -0.39 is 36.1 Å². The van der Waals surface area contributed by atoms with Crippen LogP contribution in [0.2, 0.25) is 0 Å². The van der Waals surface area contributed by atoms with E-state index in [4.69, 9.17) is 9.47 Å². The van der Waals surface area contributed by atoms with E-state index in [1.165, 1.54) is 6.07 Å². The fraction of sp³-hybridized carbons (Fsp3) is 0.222. The van der Waals surface area contributed by atoms with E-state index in [1.807, 2.05) is 32.0 Å². The molecule has 0 spiro atoms. The van der Waals surface area contributed by atoms with Gasteiger partial charge in [0, 0.05) is 17.8 Å². The van der Waals surface area contributed by atoms with Crippen LogP contribution in [0.25, 0.3) is 0 Å². The fourth-order valence-corrected chi connectivity index (χ4v) is 3.31. The van der Waals surface area contributed by atoms with Gasteiger partial charge in [-0.15, -0.1) is 0 Å². The number of amides is 2. The highest BCUT2D eigenvalue weighted by Gasteiger charge is 2.30. The van der Waals surface area contributed by atoms with Gasteiger partial charge in [0.25, 0.3) is 5.91 Å². The SMILES string of the molecule is Cc1cccc(C)c1Oc1ccc(NC(=O)CCC(=O)OCC(=O)Nc2cccc(C(F)(F)F)c2)cc1. The highest BCUT2D eigenvalue weighted by molar-refractivity contribution is 5.94. The lowest BCUT2D eigenvalue weighted by Crippen LogP contribution is -2.22. The Kier molecular flexibility index (Phi) is 8.89. The molecule has 0 saturated heterocycles. The zero-order chi connectivity index (χ0) is 27.0. The molecule has 7 nitrogen and oxygen atoms in total. The summed E-state index contributed by atoms with van der Waals surface area (Å²) in [6.45, 7) is 3.20. The maximum atomic E-state index is 12.8. The van der Waals surface area contributed by atoms with E-state index in [1.54, 1.807) is 24.3 Å². The zero-order valence-electron chi connectivity index (χ0n) is 20.1. The number of ether oxygens (including phenoxy) is 2. The number of esters is 1. The van der Waals surface area contributed by atoms with E-state index in [0.29, 0.717) is 11.4 Å². The number of para-hydroxylation sites is 1. The maximum absolute atomic E-state index is 12.8. The molecule has 0 bridgehead atoms. The van der Waals surface area contributed by atoms with Crippen LogP contribution in [-0.4, -0.2) is 24.4 Å². The molecule has 0 aliphatic rings. The molecule has 0 aromatic heterocycles. The van der Waals surface area contributed by atoms with Gasteiger partial charge < -0.3 is 20.1 Å². The molecule has 3 aromatic rings. The topological polar surface area (TPSA) is 93.7 Å². The lowest BCUT2D eigenvalue weighted by molar-refractivity contribution is -0.147. The summed E-state index contributed by atoms with van der Waals surface area (Å²) in [5.74, 6) is -0.676. The van der Waals surface area contributed by atoms with Crippen molar-refractivity contribution in [3.63, 3.8) is 0 Å². The van der Waals surface area contributed by atoms with Gasteiger partial charge in [0.05, 0.1) is 12.0 Å². The number of anilines is 2. The second-order valence-corrected chi connectivity index (χ2v) is 8.18. The summed E-state index contributed by atoms with van der Waals surface area (Å²) in [7, 11) is 0. The molecule has 3 aromatic carbocycles. The molecule has 0 unspecified atom stereocenters. The Hall–Kier alpha value is -4.34. The van der Waals surface area contributed by atoms with Crippen LogP contribution in [0.15, 0.2) is 66.7 Å². The Morgan fingerprint density at radius 2 is 1.41 bits per heavy atom. The van der Waals surface area contributed by atoms with Crippen LogP contribution in [0.5, 0.6) is 11.5 Å². The molecule has 2 amide bonds. The molecule has 0 radical (unpaired) electrons. The largest absolute Gasteiger partial charge is 0.457 e. The van der Waals surface area contributed by atoms with E-state index >= 15 is 0 Å². The van der Waals surface area contributed by atoms with Crippen LogP contribution < -0.4 is 15.4 Å². The third kappa shape index (κ3) is 8.38. The average Bonchev–Trinajstić information content (AvgIpc) is 2.84. The lowest BCUT2D eigenvalue weighted by atomic mass is 10.1. The monoisotopic (exact) mass is 514 g/mol. The van der Waals surface area contributed by atoms with Crippen molar-refractivity contribution in [3.8, 4) is 11.5 Å². The number of hydrogen-bond donors (Lipinski definition) is 2. The smallest absolute Gasteiger partial charge is 0.416 e. The van der Waals surface area contributed by atoms with Gasteiger partial charge in [-0.05, 0) is 67.4 Å². The lowest BCUT2D eigenvalue weighted by Gasteiger charge is -2.12. The number of hydrogen-bond acceptors (Lipinski definition) is 5. The van der Waals surface area contributed by atoms with Crippen molar-refractivity contribution in [2.45, 2.75) is 32.9 Å². The number of rotatable bonds is 9. The molecule has 10 heteroatoms. The number of nitrogens with one attached hydrogen (secondary N) is 2. The third-order valence-corrected chi connectivity index (χ3v) is 5.16. The van der Waals surface area contributed by atoms with Crippen LogP contribution in [0.1, 0.15) is 29.5 Å². The molecule has 0 saturated carbocycles. The van der Waals surface area contributed by atoms with Crippen molar-refractivity contribution >= 4 is 29.2 Å². The van der Waals surface area contributed by atoms with Crippen molar-refractivity contribution in [2.24, 2.45) is 0 Å². The third-order valence-electron chi connectivity index (χ3n) is 5.16. The van der Waals surface area contributed by atoms with Gasteiger partial charge >= 0.3 is 12.1 Å². The van der Waals surface area contributed by atoms with Gasteiger partial charge in [-0.25, -0.2) is 0 Å². The highest BCUT2D eigenvalue weighted by Crippen LogP contribution is 2.31. The fourth-order valence-electron chi connectivity index (χ4n) is 3.31. The molecule has 0 aliphatic heterocycles. The summed E-state index contributed by atoms with van der Waals surface area (Å²) in [4.78, 5) is 35.9. The van der Waals surface area contributed by atoms with Crippen LogP contribution >= 0.6 is 0 Å². The summed E-state index contributed by atoms with van der Waals surface area (Å²) in [6.07, 6.45) is -5.02. The predicted octanol–water partition coefficient (Wildman–Crippen LogP) is 6.02. The number of carbonyl (C=O) groups excluding carboxylic acids is 3. The molecule has 0 aliphatic carbocycles. The predicted molar refractivity (Wildman–Crippen MR) is 131 cm³/mol. The average molecular weight is 515 g/mol. The highest BCUT2D eigenvalue weighted by atomic mass is 19.4. The first-order valence-electron chi connectivity index (χ1n) is 11.3. The van der Waals surface area contributed by atoms with Gasteiger partial charge in [-0.2, -0.15) is 13.2 Å². The normalized spacial score (nSPS) is 10.9. The van der Waals surface area contributed by atoms with Crippen molar-refractivity contribution in [1.82, 2.24) is 0 Å². The maximum Gasteiger partial charge on any atom is 0.416 e. The van der Waals surface area contributed by atoms with Crippen molar-refractivity contribution in [1.29, 1.82) is 0 Å². The van der Waals surface area contributed by atoms with Crippen LogP contribution in [0, 0.1) is 13.8 Å². The molecular weight excluding hydrogens is 489 g/mol. The first-order valence-corrected chi connectivity index (χ1v) is 11.3. The summed E-state index contributed by atoms with van der Waals surface area (Å²) >= 11 is 0. The van der Waals surface area contributed by atoms with E-state index in [0.717, 1.165) is 35.1 Å². The minimum Gasteiger partial charge on any atom is -0.457 e. The molecule has 2 N–H and O–H groups in total. The summed E-state index contributed by atoms with van der Waals surface area (Å²) < 4.78 is 49.0. The summed E-state index contributed by atoms with van der Waals surface area (Å²) in [6, 6.07) is 16.7. The van der Waals surface area contributed by atoms with Gasteiger partial charge in [-0.1, -0.05) is 24.3 Å². The molecule has 37 heavy (non-hydrogen) atoms. The van der Waals surface area contributed by atoms with Gasteiger partial charge in [-0.3, -0.25) is 14.4 Å². The van der Waals surface area contributed by atoms with E-state index in [9.17, 15) is 27.6 Å². The van der Waals surface area contributed by atoms with E-state index in [2.05, 4.69) is 10.6 Å². The first kappa shape index (κ1) is 27.3. The van der Waals surface area contributed by atoms with Crippen molar-refractivity contribution in [3.05, 3.63) is 83.4 Å². The number of halogens is 3. The Morgan fingerprint density at radius 1 is 0.784 bits per heavy atom. The van der Waals surface area contributed by atoms with Crippen LogP contribution in [0.4, 0.5) is 24.5 Å². The molecule has 0 heterocycles. The quantitative estimate of drug-likeness (QED) is 0.341. The Morgan fingerprint density at radius 3 is 2.05 bits per heavy atom. The Labute approximate surface area is 211 Å². The summed E-state index contributed by atoms with van der Waals surface area (Å²) in [5.41, 5.74) is 1.50. The van der Waals surface area contributed by atoms with Crippen LogP contribution in [0.3, 0.4) is 0 Å². The van der Waals surface area contributed by atoms with Crippen molar-refractivity contribution in [2.75, 3.05) is 17.2 Å². The minimum atomic E-state index is -4.55. The van der Waals surface area contributed by atoms with Gasteiger partial charge in [0.2, 0.25) is 5.91 Å². The van der Waals surface area contributed by atoms with Crippen molar-refractivity contribution < 1.29 is 37.0 Å². The van der Waals surface area contributed by atoms with E-state index in [-0.39, 0.29) is 18.5 Å². The van der Waals surface area contributed by atoms with Crippen LogP contribution in [-0.2, 0) is 25.3 Å². The Bertz CT molecular complexity index is 1250. The second kappa shape index (κ2) is 12.1. The second-order valence-electron chi connectivity index (χ2n) is 8.18. The number of benzene rings is 3. The number of aryl methyl sites for hydroxylation is 2.